The van der Waals surface area contributed by atoms with Crippen LogP contribution in [0.4, 0.5) is 0 Å². The van der Waals surface area contributed by atoms with Gasteiger partial charge in [0.15, 0.2) is 0 Å². The molecule has 0 fully saturated rings. The summed E-state index contributed by atoms with van der Waals surface area (Å²) in [5.74, 6) is -2.89. The average Bonchev–Trinajstić information content (AvgIpc) is 2.53. The molecule has 1 atom stereocenters. The van der Waals surface area contributed by atoms with Crippen LogP contribution in [0.25, 0.3) is 0 Å². The molecule has 2 N–H and O–H groups in total. The van der Waals surface area contributed by atoms with E-state index in [4.69, 9.17) is 10.2 Å². The van der Waals surface area contributed by atoms with Crippen LogP contribution in [0.15, 0.2) is 12.2 Å². The van der Waals surface area contributed by atoms with Crippen LogP contribution >= 0.6 is 0 Å². The standard InChI is InChI=1S/C20H36O4/c1-2-3-4-5-6-7-8-9-10-11-12-13-14-15-16-18(20(23)24)17-19(21)22/h14-15,18H,2-13,16-17H2,1H3,(H,21,22)(H,23,24)/b15-14+/t18-/m0/s1. The molecule has 24 heavy (non-hydrogen) atoms. The molecule has 0 bridgehead atoms. The van der Waals surface area contributed by atoms with Crippen LogP contribution in [-0.2, 0) is 9.59 Å². The van der Waals surface area contributed by atoms with Gasteiger partial charge in [-0.25, -0.2) is 0 Å². The van der Waals surface area contributed by atoms with Gasteiger partial charge in [-0.05, 0) is 19.3 Å². The summed E-state index contributed by atoms with van der Waals surface area (Å²) >= 11 is 0. The Balaban J connectivity index is 3.42. The summed E-state index contributed by atoms with van der Waals surface area (Å²) in [4.78, 5) is 21.5. The smallest absolute Gasteiger partial charge is 0.307 e. The molecule has 0 heterocycles. The summed E-state index contributed by atoms with van der Waals surface area (Å²) in [6, 6.07) is 0. The van der Waals surface area contributed by atoms with E-state index < -0.39 is 17.9 Å². The van der Waals surface area contributed by atoms with Crippen molar-refractivity contribution in [3.05, 3.63) is 12.2 Å². The Labute approximate surface area is 147 Å². The molecule has 0 aliphatic heterocycles. The van der Waals surface area contributed by atoms with Gasteiger partial charge in [-0.2, -0.15) is 0 Å². The fraction of sp³-hybridized carbons (Fsp3) is 0.800. The van der Waals surface area contributed by atoms with Crippen molar-refractivity contribution in [3.8, 4) is 0 Å². The highest BCUT2D eigenvalue weighted by atomic mass is 16.4. The number of rotatable bonds is 17. The van der Waals surface area contributed by atoms with Gasteiger partial charge in [0, 0.05) is 0 Å². The number of carbonyl (C=O) groups is 2. The Morgan fingerprint density at radius 3 is 1.75 bits per heavy atom. The quantitative estimate of drug-likeness (QED) is 0.259. The largest absolute Gasteiger partial charge is 0.481 e. The lowest BCUT2D eigenvalue weighted by Crippen LogP contribution is -2.16. The van der Waals surface area contributed by atoms with Crippen molar-refractivity contribution >= 4 is 11.9 Å². The highest BCUT2D eigenvalue weighted by Crippen LogP contribution is 2.13. The zero-order chi connectivity index (χ0) is 18.0. The normalized spacial score (nSPS) is 12.5. The summed E-state index contributed by atoms with van der Waals surface area (Å²) in [6.07, 6.45) is 19.2. The summed E-state index contributed by atoms with van der Waals surface area (Å²) < 4.78 is 0. The first-order valence-corrected chi connectivity index (χ1v) is 9.67. The van der Waals surface area contributed by atoms with Crippen LogP contribution in [0.1, 0.15) is 96.8 Å². The Bertz CT molecular complexity index is 350. The molecule has 0 radical (unpaired) electrons. The van der Waals surface area contributed by atoms with Crippen LogP contribution in [-0.4, -0.2) is 22.2 Å². The van der Waals surface area contributed by atoms with Gasteiger partial charge in [0.2, 0.25) is 0 Å². The predicted octanol–water partition coefficient (Wildman–Crippen LogP) is 5.81. The second-order valence-electron chi connectivity index (χ2n) is 6.66. The molecular formula is C20H36O4. The highest BCUT2D eigenvalue weighted by Gasteiger charge is 2.19. The predicted molar refractivity (Wildman–Crippen MR) is 98.2 cm³/mol. The molecule has 0 aliphatic carbocycles. The van der Waals surface area contributed by atoms with E-state index in [0.29, 0.717) is 6.42 Å². The second kappa shape index (κ2) is 16.5. The molecule has 0 aromatic heterocycles. The molecule has 0 aromatic rings. The minimum atomic E-state index is -1.05. The number of carboxylic acids is 2. The summed E-state index contributed by atoms with van der Waals surface area (Å²) in [6.45, 7) is 2.25. The lowest BCUT2D eigenvalue weighted by Gasteiger charge is -2.05. The van der Waals surface area contributed by atoms with Gasteiger partial charge in [-0.1, -0.05) is 83.3 Å². The Morgan fingerprint density at radius 2 is 1.29 bits per heavy atom. The SMILES string of the molecule is CCCCCCCCCCCCC/C=C/C[C@@H](CC(=O)O)C(=O)O. The molecule has 0 saturated heterocycles. The molecular weight excluding hydrogens is 304 g/mol. The number of hydrogen-bond acceptors (Lipinski definition) is 2. The van der Waals surface area contributed by atoms with Gasteiger partial charge in [-0.3, -0.25) is 9.59 Å². The van der Waals surface area contributed by atoms with Gasteiger partial charge in [0.25, 0.3) is 0 Å². The monoisotopic (exact) mass is 340 g/mol. The molecule has 4 heteroatoms. The van der Waals surface area contributed by atoms with E-state index >= 15 is 0 Å². The Morgan fingerprint density at radius 1 is 0.792 bits per heavy atom. The Kier molecular flexibility index (Phi) is 15.6. The van der Waals surface area contributed by atoms with Crippen LogP contribution in [0.3, 0.4) is 0 Å². The number of allylic oxidation sites excluding steroid dienone is 2. The molecule has 4 nitrogen and oxygen atoms in total. The average molecular weight is 341 g/mol. The fourth-order valence-corrected chi connectivity index (χ4v) is 2.79. The van der Waals surface area contributed by atoms with E-state index in [1.807, 2.05) is 12.2 Å². The molecule has 0 aromatic carbocycles. The van der Waals surface area contributed by atoms with Gasteiger partial charge in [-0.15, -0.1) is 0 Å². The van der Waals surface area contributed by atoms with E-state index in [9.17, 15) is 9.59 Å². The molecule has 0 rings (SSSR count). The topological polar surface area (TPSA) is 74.6 Å². The van der Waals surface area contributed by atoms with E-state index in [1.54, 1.807) is 0 Å². The van der Waals surface area contributed by atoms with Crippen LogP contribution in [0.2, 0.25) is 0 Å². The first-order valence-electron chi connectivity index (χ1n) is 9.67. The maximum Gasteiger partial charge on any atom is 0.307 e. The first-order chi connectivity index (χ1) is 11.6. The first kappa shape index (κ1) is 22.7. The fourth-order valence-electron chi connectivity index (χ4n) is 2.79. The number of aliphatic carboxylic acids is 2. The van der Waals surface area contributed by atoms with E-state index in [2.05, 4.69) is 6.92 Å². The van der Waals surface area contributed by atoms with E-state index in [0.717, 1.165) is 12.8 Å². The van der Waals surface area contributed by atoms with Crippen molar-refractivity contribution in [2.45, 2.75) is 96.8 Å². The Hall–Kier alpha value is -1.32. The van der Waals surface area contributed by atoms with Crippen molar-refractivity contribution in [1.29, 1.82) is 0 Å². The van der Waals surface area contributed by atoms with Crippen molar-refractivity contribution in [2.75, 3.05) is 0 Å². The third-order valence-corrected chi connectivity index (χ3v) is 4.33. The van der Waals surface area contributed by atoms with Crippen molar-refractivity contribution in [2.24, 2.45) is 5.92 Å². The number of hydrogen-bond donors (Lipinski definition) is 2. The maximum absolute atomic E-state index is 10.9. The van der Waals surface area contributed by atoms with Gasteiger partial charge < -0.3 is 10.2 Å². The minimum Gasteiger partial charge on any atom is -0.481 e. The molecule has 0 saturated carbocycles. The third kappa shape index (κ3) is 15.6. The van der Waals surface area contributed by atoms with Crippen molar-refractivity contribution in [3.63, 3.8) is 0 Å². The second-order valence-corrected chi connectivity index (χ2v) is 6.66. The summed E-state index contributed by atoms with van der Waals surface area (Å²) in [5, 5.41) is 17.6. The lowest BCUT2D eigenvalue weighted by atomic mass is 10.0. The van der Waals surface area contributed by atoms with Crippen LogP contribution in [0.5, 0.6) is 0 Å². The molecule has 0 amide bonds. The summed E-state index contributed by atoms with van der Waals surface area (Å²) in [7, 11) is 0. The number of carboxylic acid groups (broad SMARTS) is 2. The van der Waals surface area contributed by atoms with Gasteiger partial charge >= 0.3 is 11.9 Å². The molecule has 0 unspecified atom stereocenters. The van der Waals surface area contributed by atoms with Crippen LogP contribution < -0.4 is 0 Å². The molecule has 0 spiro atoms. The molecule has 0 aliphatic rings. The third-order valence-electron chi connectivity index (χ3n) is 4.33. The van der Waals surface area contributed by atoms with E-state index in [1.165, 1.54) is 64.2 Å². The maximum atomic E-state index is 10.9. The zero-order valence-electron chi connectivity index (χ0n) is 15.3. The van der Waals surface area contributed by atoms with Crippen molar-refractivity contribution in [1.82, 2.24) is 0 Å². The highest BCUT2D eigenvalue weighted by molar-refractivity contribution is 5.77. The minimum absolute atomic E-state index is 0.305. The van der Waals surface area contributed by atoms with E-state index in [-0.39, 0.29) is 6.42 Å². The van der Waals surface area contributed by atoms with Crippen molar-refractivity contribution < 1.29 is 19.8 Å². The lowest BCUT2D eigenvalue weighted by molar-refractivity contribution is -0.148. The van der Waals surface area contributed by atoms with Crippen LogP contribution in [0, 0.1) is 5.92 Å². The zero-order valence-corrected chi connectivity index (χ0v) is 15.3. The van der Waals surface area contributed by atoms with Gasteiger partial charge in [0.1, 0.15) is 0 Å². The summed E-state index contributed by atoms with van der Waals surface area (Å²) in [5.41, 5.74) is 0. The van der Waals surface area contributed by atoms with Gasteiger partial charge in [0.05, 0.1) is 12.3 Å². The molecule has 140 valence electrons. The number of unbranched alkanes of at least 4 members (excludes halogenated alkanes) is 11.